The molecule has 0 aromatic carbocycles. The molecule has 0 fully saturated rings. The molecule has 106 valence electrons. The lowest BCUT2D eigenvalue weighted by Crippen LogP contribution is -2.28. The summed E-state index contributed by atoms with van der Waals surface area (Å²) in [5.41, 5.74) is 1.71. The molecule has 0 aromatic rings. The molecular formula is C16H30O2. The molecule has 0 atom stereocenters. The Balaban J connectivity index is 4.40. The first-order chi connectivity index (χ1) is 8.08. The van der Waals surface area contributed by atoms with E-state index in [1.807, 2.05) is 0 Å². The standard InChI is InChI=1S/C16H30O2/c1-8-13(2)9-10-15(4,5)11-16(6,7)12-18-14(3)17/h9H,8,10-12H2,1-7H3. The molecule has 0 spiro atoms. The Labute approximate surface area is 113 Å². The zero-order chi connectivity index (χ0) is 14.4. The monoisotopic (exact) mass is 254 g/mol. The van der Waals surface area contributed by atoms with Crippen LogP contribution in [0.1, 0.15) is 67.7 Å². The number of carbonyl (C=O) groups excluding carboxylic acids is 1. The maximum Gasteiger partial charge on any atom is 0.302 e. The molecule has 0 aliphatic carbocycles. The molecule has 0 aliphatic heterocycles. The predicted molar refractivity (Wildman–Crippen MR) is 77.5 cm³/mol. The van der Waals surface area contributed by atoms with Crippen LogP contribution in [0.5, 0.6) is 0 Å². The van der Waals surface area contributed by atoms with Crippen LogP contribution in [0.3, 0.4) is 0 Å². The summed E-state index contributed by atoms with van der Waals surface area (Å²) in [5.74, 6) is -0.192. The van der Waals surface area contributed by atoms with Crippen molar-refractivity contribution < 1.29 is 9.53 Å². The van der Waals surface area contributed by atoms with E-state index in [4.69, 9.17) is 4.74 Å². The highest BCUT2D eigenvalue weighted by atomic mass is 16.5. The van der Waals surface area contributed by atoms with Gasteiger partial charge < -0.3 is 4.74 Å². The quantitative estimate of drug-likeness (QED) is 0.484. The largest absolute Gasteiger partial charge is 0.465 e. The van der Waals surface area contributed by atoms with Crippen LogP contribution in [0.4, 0.5) is 0 Å². The van der Waals surface area contributed by atoms with Gasteiger partial charge in [-0.15, -0.1) is 0 Å². The molecule has 0 radical (unpaired) electrons. The van der Waals surface area contributed by atoms with Crippen LogP contribution in [0.15, 0.2) is 11.6 Å². The Morgan fingerprint density at radius 3 is 2.11 bits per heavy atom. The van der Waals surface area contributed by atoms with Crippen molar-refractivity contribution in [2.75, 3.05) is 6.61 Å². The van der Waals surface area contributed by atoms with Gasteiger partial charge in [0.1, 0.15) is 0 Å². The van der Waals surface area contributed by atoms with Crippen molar-refractivity contribution in [3.8, 4) is 0 Å². The van der Waals surface area contributed by atoms with Crippen LogP contribution < -0.4 is 0 Å². The summed E-state index contributed by atoms with van der Waals surface area (Å²) >= 11 is 0. The van der Waals surface area contributed by atoms with E-state index in [9.17, 15) is 4.79 Å². The summed E-state index contributed by atoms with van der Waals surface area (Å²) < 4.78 is 5.14. The lowest BCUT2D eigenvalue weighted by molar-refractivity contribution is -0.144. The third-order valence-electron chi connectivity index (χ3n) is 3.18. The molecule has 0 aromatic heterocycles. The topological polar surface area (TPSA) is 26.3 Å². The number of hydrogen-bond donors (Lipinski definition) is 0. The molecule has 2 heteroatoms. The van der Waals surface area contributed by atoms with Crippen molar-refractivity contribution in [2.24, 2.45) is 10.8 Å². The molecule has 0 bridgehead atoms. The number of carbonyl (C=O) groups is 1. The lowest BCUT2D eigenvalue weighted by atomic mass is 9.73. The zero-order valence-corrected chi connectivity index (χ0v) is 13.2. The van der Waals surface area contributed by atoms with Gasteiger partial charge >= 0.3 is 5.97 Å². The Bertz CT molecular complexity index is 298. The van der Waals surface area contributed by atoms with Crippen molar-refractivity contribution in [3.05, 3.63) is 11.6 Å². The molecule has 0 saturated heterocycles. The van der Waals surface area contributed by atoms with Crippen LogP contribution in [0.25, 0.3) is 0 Å². The first-order valence-electron chi connectivity index (χ1n) is 6.87. The number of allylic oxidation sites excluding steroid dienone is 2. The molecular weight excluding hydrogens is 224 g/mol. The highest BCUT2D eigenvalue weighted by Gasteiger charge is 2.29. The highest BCUT2D eigenvalue weighted by molar-refractivity contribution is 5.65. The van der Waals surface area contributed by atoms with Crippen LogP contribution in [-0.2, 0) is 9.53 Å². The Hall–Kier alpha value is -0.790. The van der Waals surface area contributed by atoms with Gasteiger partial charge in [0, 0.05) is 6.92 Å². The van der Waals surface area contributed by atoms with E-state index < -0.39 is 0 Å². The fourth-order valence-electron chi connectivity index (χ4n) is 2.31. The van der Waals surface area contributed by atoms with Gasteiger partial charge in [-0.25, -0.2) is 0 Å². The van der Waals surface area contributed by atoms with Crippen LogP contribution in [0, 0.1) is 10.8 Å². The second-order valence-electron chi connectivity index (χ2n) is 6.89. The first kappa shape index (κ1) is 17.2. The average molecular weight is 254 g/mol. The fraction of sp³-hybridized carbons (Fsp3) is 0.812. The van der Waals surface area contributed by atoms with Crippen molar-refractivity contribution in [3.63, 3.8) is 0 Å². The minimum absolute atomic E-state index is 0.0309. The van der Waals surface area contributed by atoms with Gasteiger partial charge in [-0.05, 0) is 37.0 Å². The van der Waals surface area contributed by atoms with Crippen molar-refractivity contribution in [1.29, 1.82) is 0 Å². The minimum Gasteiger partial charge on any atom is -0.465 e. The number of esters is 1. The van der Waals surface area contributed by atoms with Gasteiger partial charge in [0.2, 0.25) is 0 Å². The summed E-state index contributed by atoms with van der Waals surface area (Å²) in [5, 5.41) is 0. The van der Waals surface area contributed by atoms with Crippen LogP contribution in [0.2, 0.25) is 0 Å². The van der Waals surface area contributed by atoms with Crippen LogP contribution in [-0.4, -0.2) is 12.6 Å². The van der Waals surface area contributed by atoms with E-state index in [0.29, 0.717) is 6.61 Å². The zero-order valence-electron chi connectivity index (χ0n) is 13.2. The van der Waals surface area contributed by atoms with E-state index in [1.54, 1.807) is 0 Å². The predicted octanol–water partition coefficient (Wildman–Crippen LogP) is 4.74. The van der Waals surface area contributed by atoms with Gasteiger partial charge in [-0.1, -0.05) is 46.3 Å². The Morgan fingerprint density at radius 1 is 1.11 bits per heavy atom. The van der Waals surface area contributed by atoms with E-state index >= 15 is 0 Å². The van der Waals surface area contributed by atoms with Gasteiger partial charge in [0.25, 0.3) is 0 Å². The average Bonchev–Trinajstić information content (AvgIpc) is 2.22. The van der Waals surface area contributed by atoms with Crippen LogP contribution >= 0.6 is 0 Å². The molecule has 2 nitrogen and oxygen atoms in total. The normalized spacial score (nSPS) is 13.6. The number of hydrogen-bond acceptors (Lipinski definition) is 2. The molecule has 18 heavy (non-hydrogen) atoms. The smallest absolute Gasteiger partial charge is 0.302 e. The number of rotatable bonds is 7. The third-order valence-corrected chi connectivity index (χ3v) is 3.18. The summed E-state index contributed by atoms with van der Waals surface area (Å²) in [4.78, 5) is 10.9. The molecule has 0 aliphatic rings. The number of ether oxygens (including phenoxy) is 1. The SMILES string of the molecule is CCC(C)=CCC(C)(C)CC(C)(C)COC(C)=O. The van der Waals surface area contributed by atoms with Gasteiger partial charge in [-0.3, -0.25) is 4.79 Å². The second kappa shape index (κ2) is 6.96. The summed E-state index contributed by atoms with van der Waals surface area (Å²) in [7, 11) is 0. The summed E-state index contributed by atoms with van der Waals surface area (Å²) in [6.07, 6.45) is 5.58. The van der Waals surface area contributed by atoms with Crippen molar-refractivity contribution in [2.45, 2.75) is 67.7 Å². The van der Waals surface area contributed by atoms with Crippen molar-refractivity contribution in [1.82, 2.24) is 0 Å². The summed E-state index contributed by atoms with van der Waals surface area (Å²) in [6, 6.07) is 0. The molecule has 0 rings (SSSR count). The van der Waals surface area contributed by atoms with Crippen molar-refractivity contribution >= 4 is 5.97 Å². The maximum absolute atomic E-state index is 10.9. The Kier molecular flexibility index (Phi) is 6.66. The molecule has 0 heterocycles. The van der Waals surface area contributed by atoms with E-state index in [2.05, 4.69) is 47.6 Å². The van der Waals surface area contributed by atoms with E-state index in [1.165, 1.54) is 12.5 Å². The molecule has 0 amide bonds. The molecule has 0 N–H and O–H groups in total. The fourth-order valence-corrected chi connectivity index (χ4v) is 2.31. The molecule has 0 unspecified atom stereocenters. The lowest BCUT2D eigenvalue weighted by Gasteiger charge is -2.34. The second-order valence-corrected chi connectivity index (χ2v) is 6.89. The maximum atomic E-state index is 10.9. The Morgan fingerprint density at radius 2 is 1.67 bits per heavy atom. The highest BCUT2D eigenvalue weighted by Crippen LogP contribution is 2.37. The van der Waals surface area contributed by atoms with Gasteiger partial charge in [0.05, 0.1) is 6.61 Å². The van der Waals surface area contributed by atoms with Gasteiger partial charge in [0.15, 0.2) is 0 Å². The van der Waals surface area contributed by atoms with Gasteiger partial charge in [-0.2, -0.15) is 0 Å². The minimum atomic E-state index is -0.192. The third kappa shape index (κ3) is 8.32. The first-order valence-corrected chi connectivity index (χ1v) is 6.87. The molecule has 0 saturated carbocycles. The van der Waals surface area contributed by atoms with E-state index in [-0.39, 0.29) is 16.8 Å². The van der Waals surface area contributed by atoms with E-state index in [0.717, 1.165) is 19.3 Å². The summed E-state index contributed by atoms with van der Waals surface area (Å²) in [6.45, 7) is 15.2.